The van der Waals surface area contributed by atoms with E-state index in [1.807, 2.05) is 24.3 Å². The first-order valence-electron chi connectivity index (χ1n) is 7.18. The first kappa shape index (κ1) is 14.1. The second kappa shape index (κ2) is 7.29. The Morgan fingerprint density at radius 3 is 2.74 bits per heavy atom. The number of ether oxygens (including phenoxy) is 1. The largest absolute Gasteiger partial charge is 0.465 e. The SMILES string of the molecule is COC(=O)c1ccccc1CNCC1CCCCC1. The van der Waals surface area contributed by atoms with Crippen LogP contribution in [0.3, 0.4) is 0 Å². The van der Waals surface area contributed by atoms with E-state index in [9.17, 15) is 4.79 Å². The quantitative estimate of drug-likeness (QED) is 0.827. The molecule has 19 heavy (non-hydrogen) atoms. The highest BCUT2D eigenvalue weighted by Crippen LogP contribution is 2.22. The van der Waals surface area contributed by atoms with Crippen LogP contribution in [0.25, 0.3) is 0 Å². The van der Waals surface area contributed by atoms with Crippen molar-refractivity contribution >= 4 is 5.97 Å². The minimum atomic E-state index is -0.255. The second-order valence-corrected chi connectivity index (χ2v) is 5.28. The van der Waals surface area contributed by atoms with Crippen molar-refractivity contribution < 1.29 is 9.53 Å². The molecule has 0 radical (unpaired) electrons. The van der Waals surface area contributed by atoms with Crippen LogP contribution < -0.4 is 5.32 Å². The van der Waals surface area contributed by atoms with Gasteiger partial charge in [0.2, 0.25) is 0 Å². The number of nitrogens with one attached hydrogen (secondary N) is 1. The highest BCUT2D eigenvalue weighted by molar-refractivity contribution is 5.90. The number of hydrogen-bond acceptors (Lipinski definition) is 3. The first-order valence-corrected chi connectivity index (χ1v) is 7.18. The smallest absolute Gasteiger partial charge is 0.338 e. The summed E-state index contributed by atoms with van der Waals surface area (Å²) in [5.41, 5.74) is 1.69. The molecule has 0 atom stereocenters. The molecule has 1 saturated carbocycles. The van der Waals surface area contributed by atoms with E-state index in [1.165, 1.54) is 39.2 Å². The predicted octanol–water partition coefficient (Wildman–Crippen LogP) is 3.14. The van der Waals surface area contributed by atoms with Crippen LogP contribution >= 0.6 is 0 Å². The standard InChI is InChI=1S/C16H23NO2/c1-19-16(18)15-10-6-5-9-14(15)12-17-11-13-7-3-2-4-8-13/h5-6,9-10,13,17H,2-4,7-8,11-12H2,1H3. The van der Waals surface area contributed by atoms with E-state index in [1.54, 1.807) is 0 Å². The van der Waals surface area contributed by atoms with E-state index in [2.05, 4.69) is 5.32 Å². The van der Waals surface area contributed by atoms with E-state index in [-0.39, 0.29) is 5.97 Å². The van der Waals surface area contributed by atoms with Crippen LogP contribution in [0.5, 0.6) is 0 Å². The van der Waals surface area contributed by atoms with Gasteiger partial charge >= 0.3 is 5.97 Å². The van der Waals surface area contributed by atoms with Gasteiger partial charge in [0.25, 0.3) is 0 Å². The van der Waals surface area contributed by atoms with Gasteiger partial charge < -0.3 is 10.1 Å². The van der Waals surface area contributed by atoms with Gasteiger partial charge in [0.15, 0.2) is 0 Å². The van der Waals surface area contributed by atoms with Crippen molar-refractivity contribution in [2.75, 3.05) is 13.7 Å². The molecule has 1 aliphatic carbocycles. The Bertz CT molecular complexity index is 411. The van der Waals surface area contributed by atoms with E-state index in [4.69, 9.17) is 4.74 Å². The lowest BCUT2D eigenvalue weighted by Crippen LogP contribution is -2.25. The van der Waals surface area contributed by atoms with E-state index >= 15 is 0 Å². The number of carbonyl (C=O) groups is 1. The molecule has 1 aromatic rings. The molecule has 0 bridgehead atoms. The number of hydrogen-bond donors (Lipinski definition) is 1. The third-order valence-electron chi connectivity index (χ3n) is 3.90. The molecule has 0 aromatic heterocycles. The summed E-state index contributed by atoms with van der Waals surface area (Å²) in [6, 6.07) is 7.64. The average Bonchev–Trinajstić information content (AvgIpc) is 2.48. The maximum atomic E-state index is 11.6. The van der Waals surface area contributed by atoms with Crippen LogP contribution in [0, 0.1) is 5.92 Å². The molecule has 2 rings (SSSR count). The Labute approximate surface area is 115 Å². The molecule has 0 aliphatic heterocycles. The fraction of sp³-hybridized carbons (Fsp3) is 0.562. The molecule has 0 spiro atoms. The Hall–Kier alpha value is -1.35. The van der Waals surface area contributed by atoms with Gasteiger partial charge in [0.05, 0.1) is 12.7 Å². The summed E-state index contributed by atoms with van der Waals surface area (Å²) in [7, 11) is 1.43. The van der Waals surface area contributed by atoms with Gasteiger partial charge in [0.1, 0.15) is 0 Å². The van der Waals surface area contributed by atoms with Crippen molar-refractivity contribution in [1.29, 1.82) is 0 Å². The molecule has 0 amide bonds. The molecule has 0 heterocycles. The zero-order chi connectivity index (χ0) is 13.5. The number of rotatable bonds is 5. The molecular weight excluding hydrogens is 238 g/mol. The lowest BCUT2D eigenvalue weighted by atomic mass is 9.89. The van der Waals surface area contributed by atoms with Crippen LogP contribution in [0.15, 0.2) is 24.3 Å². The molecule has 1 fully saturated rings. The normalized spacial score (nSPS) is 16.3. The van der Waals surface area contributed by atoms with Crippen LogP contribution in [-0.4, -0.2) is 19.6 Å². The minimum Gasteiger partial charge on any atom is -0.465 e. The molecule has 104 valence electrons. The zero-order valence-corrected chi connectivity index (χ0v) is 11.7. The second-order valence-electron chi connectivity index (χ2n) is 5.28. The number of methoxy groups -OCH3 is 1. The Kier molecular flexibility index (Phi) is 5.40. The zero-order valence-electron chi connectivity index (χ0n) is 11.7. The van der Waals surface area contributed by atoms with Crippen molar-refractivity contribution in [3.63, 3.8) is 0 Å². The fourth-order valence-electron chi connectivity index (χ4n) is 2.79. The lowest BCUT2D eigenvalue weighted by Gasteiger charge is -2.22. The van der Waals surface area contributed by atoms with E-state index in [0.717, 1.165) is 24.6 Å². The molecule has 3 heteroatoms. The van der Waals surface area contributed by atoms with Gasteiger partial charge in [-0.1, -0.05) is 37.5 Å². The van der Waals surface area contributed by atoms with Crippen molar-refractivity contribution in [3.8, 4) is 0 Å². The summed E-state index contributed by atoms with van der Waals surface area (Å²) in [6.45, 7) is 1.79. The van der Waals surface area contributed by atoms with Crippen LogP contribution in [0.4, 0.5) is 0 Å². The summed E-state index contributed by atoms with van der Waals surface area (Å²) in [5.74, 6) is 0.550. The van der Waals surface area contributed by atoms with Crippen molar-refractivity contribution in [1.82, 2.24) is 5.32 Å². The molecule has 1 aliphatic rings. The third kappa shape index (κ3) is 4.06. The topological polar surface area (TPSA) is 38.3 Å². The molecule has 0 unspecified atom stereocenters. The maximum absolute atomic E-state index is 11.6. The van der Waals surface area contributed by atoms with Crippen molar-refractivity contribution in [2.24, 2.45) is 5.92 Å². The molecule has 3 nitrogen and oxygen atoms in total. The number of carbonyl (C=O) groups excluding carboxylic acids is 1. The van der Waals surface area contributed by atoms with Gasteiger partial charge in [-0.3, -0.25) is 0 Å². The lowest BCUT2D eigenvalue weighted by molar-refractivity contribution is 0.0599. The summed E-state index contributed by atoms with van der Waals surface area (Å²) >= 11 is 0. The highest BCUT2D eigenvalue weighted by atomic mass is 16.5. The molecule has 0 saturated heterocycles. The fourth-order valence-corrected chi connectivity index (χ4v) is 2.79. The third-order valence-corrected chi connectivity index (χ3v) is 3.90. The average molecular weight is 261 g/mol. The van der Waals surface area contributed by atoms with Gasteiger partial charge in [-0.15, -0.1) is 0 Å². The number of esters is 1. The maximum Gasteiger partial charge on any atom is 0.338 e. The van der Waals surface area contributed by atoms with Crippen LogP contribution in [0.1, 0.15) is 48.0 Å². The Balaban J connectivity index is 1.86. The van der Waals surface area contributed by atoms with Crippen LogP contribution in [-0.2, 0) is 11.3 Å². The number of benzene rings is 1. The summed E-state index contributed by atoms with van der Waals surface area (Å²) < 4.78 is 4.81. The van der Waals surface area contributed by atoms with Gasteiger partial charge in [-0.2, -0.15) is 0 Å². The van der Waals surface area contributed by atoms with E-state index in [0.29, 0.717) is 5.56 Å². The van der Waals surface area contributed by atoms with Gasteiger partial charge in [-0.25, -0.2) is 4.79 Å². The van der Waals surface area contributed by atoms with E-state index < -0.39 is 0 Å². The Morgan fingerprint density at radius 2 is 2.00 bits per heavy atom. The van der Waals surface area contributed by atoms with Crippen LogP contribution in [0.2, 0.25) is 0 Å². The summed E-state index contributed by atoms with van der Waals surface area (Å²) in [5, 5.41) is 3.48. The molecule has 1 aromatic carbocycles. The van der Waals surface area contributed by atoms with Crippen molar-refractivity contribution in [3.05, 3.63) is 35.4 Å². The monoisotopic (exact) mass is 261 g/mol. The highest BCUT2D eigenvalue weighted by Gasteiger charge is 2.14. The first-order chi connectivity index (χ1) is 9.31. The molecular formula is C16H23NO2. The summed E-state index contributed by atoms with van der Waals surface area (Å²) in [4.78, 5) is 11.6. The summed E-state index contributed by atoms with van der Waals surface area (Å²) in [6.07, 6.45) is 6.80. The molecule has 1 N–H and O–H groups in total. The predicted molar refractivity (Wildman–Crippen MR) is 76.1 cm³/mol. The minimum absolute atomic E-state index is 0.255. The Morgan fingerprint density at radius 1 is 1.26 bits per heavy atom. The van der Waals surface area contributed by atoms with Gasteiger partial charge in [0, 0.05) is 6.54 Å². The van der Waals surface area contributed by atoms with Gasteiger partial charge in [-0.05, 0) is 36.9 Å². The van der Waals surface area contributed by atoms with Crippen molar-refractivity contribution in [2.45, 2.75) is 38.6 Å².